The van der Waals surface area contributed by atoms with Crippen LogP contribution in [-0.4, -0.2) is 22.3 Å². The number of pyridine rings is 1. The number of hydrogen-bond acceptors (Lipinski definition) is 3. The Morgan fingerprint density at radius 1 is 0.957 bits per heavy atom. The predicted molar refractivity (Wildman–Crippen MR) is 87.8 cm³/mol. The second-order valence-corrected chi connectivity index (χ2v) is 5.30. The van der Waals surface area contributed by atoms with Crippen molar-refractivity contribution in [2.45, 2.75) is 13.0 Å². The van der Waals surface area contributed by atoms with Crippen LogP contribution < -0.4 is 0 Å². The highest BCUT2D eigenvalue weighted by molar-refractivity contribution is 5.91. The molecule has 0 saturated heterocycles. The number of hydrogen-bond donors (Lipinski definition) is 0. The molecule has 0 aliphatic carbocycles. The van der Waals surface area contributed by atoms with Gasteiger partial charge < -0.3 is 9.32 Å². The quantitative estimate of drug-likeness (QED) is 0.699. The van der Waals surface area contributed by atoms with Gasteiger partial charge in [0, 0.05) is 25.5 Å². The van der Waals surface area contributed by atoms with Crippen LogP contribution in [0.1, 0.15) is 21.7 Å². The molecule has 2 heterocycles. The number of aromatic nitrogens is 1. The molecule has 0 bridgehead atoms. The minimum absolute atomic E-state index is 0.0947. The van der Waals surface area contributed by atoms with E-state index in [2.05, 4.69) is 17.1 Å². The summed E-state index contributed by atoms with van der Waals surface area (Å²) in [6.45, 7) is 1.17. The van der Waals surface area contributed by atoms with Gasteiger partial charge in [0.1, 0.15) is 0 Å². The van der Waals surface area contributed by atoms with Crippen LogP contribution in [0.25, 0.3) is 0 Å². The van der Waals surface area contributed by atoms with Gasteiger partial charge in [-0.1, -0.05) is 30.3 Å². The van der Waals surface area contributed by atoms with E-state index in [9.17, 15) is 4.79 Å². The molecular formula is C19H18N2O2. The van der Waals surface area contributed by atoms with Crippen LogP contribution in [0.3, 0.4) is 0 Å². The van der Waals surface area contributed by atoms with Crippen molar-refractivity contribution in [2.75, 3.05) is 6.54 Å². The number of nitrogens with zero attached hydrogens (tertiary/aromatic N) is 2. The molecular weight excluding hydrogens is 288 g/mol. The Morgan fingerprint density at radius 2 is 1.74 bits per heavy atom. The molecule has 4 heteroatoms. The van der Waals surface area contributed by atoms with Crippen LogP contribution in [0, 0.1) is 0 Å². The summed E-state index contributed by atoms with van der Waals surface area (Å²) in [7, 11) is 0. The van der Waals surface area contributed by atoms with Crippen molar-refractivity contribution in [1.29, 1.82) is 0 Å². The zero-order chi connectivity index (χ0) is 15.9. The third-order valence-electron chi connectivity index (χ3n) is 3.66. The summed E-state index contributed by atoms with van der Waals surface area (Å²) in [6, 6.07) is 17.4. The first kappa shape index (κ1) is 15.0. The third kappa shape index (κ3) is 4.07. The normalized spacial score (nSPS) is 10.4. The van der Waals surface area contributed by atoms with Crippen molar-refractivity contribution in [3.05, 3.63) is 90.1 Å². The van der Waals surface area contributed by atoms with E-state index in [4.69, 9.17) is 4.42 Å². The van der Waals surface area contributed by atoms with Crippen LogP contribution in [0.4, 0.5) is 0 Å². The number of benzene rings is 1. The zero-order valence-corrected chi connectivity index (χ0v) is 12.8. The number of rotatable bonds is 6. The van der Waals surface area contributed by atoms with E-state index >= 15 is 0 Å². The van der Waals surface area contributed by atoms with Gasteiger partial charge in [-0.2, -0.15) is 0 Å². The van der Waals surface area contributed by atoms with Crippen LogP contribution in [0.15, 0.2) is 77.7 Å². The molecule has 0 N–H and O–H groups in total. The third-order valence-corrected chi connectivity index (χ3v) is 3.66. The molecule has 0 unspecified atom stereocenters. The number of furan rings is 1. The predicted octanol–water partition coefficient (Wildman–Crippen LogP) is 3.56. The molecule has 4 nitrogen and oxygen atoms in total. The number of carbonyl (C=O) groups excluding carboxylic acids is 1. The summed E-state index contributed by atoms with van der Waals surface area (Å²) in [6.07, 6.45) is 5.80. The van der Waals surface area contributed by atoms with Gasteiger partial charge in [0.25, 0.3) is 5.91 Å². The molecule has 0 saturated carbocycles. The summed E-state index contributed by atoms with van der Waals surface area (Å²) in [4.78, 5) is 18.5. The monoisotopic (exact) mass is 306 g/mol. The Labute approximate surface area is 135 Å². The van der Waals surface area contributed by atoms with E-state index in [0.717, 1.165) is 12.0 Å². The lowest BCUT2D eigenvalue weighted by Gasteiger charge is -2.22. The first-order chi connectivity index (χ1) is 11.3. The highest BCUT2D eigenvalue weighted by Gasteiger charge is 2.18. The van der Waals surface area contributed by atoms with Gasteiger partial charge in [-0.15, -0.1) is 0 Å². The minimum Gasteiger partial charge on any atom is -0.459 e. The largest absolute Gasteiger partial charge is 0.459 e. The fraction of sp³-hybridized carbons (Fsp3) is 0.158. The molecule has 3 rings (SSSR count). The summed E-state index contributed by atoms with van der Waals surface area (Å²) in [5.74, 6) is 0.273. The summed E-state index contributed by atoms with van der Waals surface area (Å²) in [5, 5.41) is 0. The van der Waals surface area contributed by atoms with Crippen molar-refractivity contribution in [2.24, 2.45) is 0 Å². The molecule has 0 fully saturated rings. The van der Waals surface area contributed by atoms with Gasteiger partial charge in [0.15, 0.2) is 5.76 Å². The fourth-order valence-electron chi connectivity index (χ4n) is 2.43. The number of carbonyl (C=O) groups is 1. The molecule has 0 aliphatic heterocycles. The van der Waals surface area contributed by atoms with E-state index in [1.807, 2.05) is 30.3 Å². The minimum atomic E-state index is -0.0947. The molecule has 0 aliphatic rings. The van der Waals surface area contributed by atoms with E-state index < -0.39 is 0 Å². The highest BCUT2D eigenvalue weighted by Crippen LogP contribution is 2.12. The lowest BCUT2D eigenvalue weighted by Crippen LogP contribution is -2.32. The van der Waals surface area contributed by atoms with Crippen molar-refractivity contribution < 1.29 is 9.21 Å². The van der Waals surface area contributed by atoms with Crippen molar-refractivity contribution in [1.82, 2.24) is 9.88 Å². The summed E-state index contributed by atoms with van der Waals surface area (Å²) < 4.78 is 5.26. The second-order valence-electron chi connectivity index (χ2n) is 5.30. The Kier molecular flexibility index (Phi) is 4.84. The van der Waals surface area contributed by atoms with Gasteiger partial charge in [0.05, 0.1) is 6.26 Å². The van der Waals surface area contributed by atoms with Crippen molar-refractivity contribution in [3.8, 4) is 0 Å². The molecule has 0 spiro atoms. The Bertz CT molecular complexity index is 725. The fourth-order valence-corrected chi connectivity index (χ4v) is 2.43. The van der Waals surface area contributed by atoms with E-state index in [-0.39, 0.29) is 5.91 Å². The van der Waals surface area contributed by atoms with Gasteiger partial charge >= 0.3 is 0 Å². The smallest absolute Gasteiger partial charge is 0.289 e. The summed E-state index contributed by atoms with van der Waals surface area (Å²) >= 11 is 0. The van der Waals surface area contributed by atoms with Gasteiger partial charge in [-0.05, 0) is 41.8 Å². The highest BCUT2D eigenvalue weighted by atomic mass is 16.3. The van der Waals surface area contributed by atoms with Crippen LogP contribution in [0.2, 0.25) is 0 Å². The average Bonchev–Trinajstić information content (AvgIpc) is 3.14. The first-order valence-electron chi connectivity index (χ1n) is 7.58. The van der Waals surface area contributed by atoms with Gasteiger partial charge in [0.2, 0.25) is 0 Å². The molecule has 1 amide bonds. The zero-order valence-electron chi connectivity index (χ0n) is 12.8. The molecule has 23 heavy (non-hydrogen) atoms. The van der Waals surface area contributed by atoms with E-state index in [1.165, 1.54) is 11.8 Å². The molecule has 0 atom stereocenters. The molecule has 0 radical (unpaired) electrons. The maximum Gasteiger partial charge on any atom is 0.289 e. The van der Waals surface area contributed by atoms with Crippen LogP contribution >= 0.6 is 0 Å². The van der Waals surface area contributed by atoms with Crippen LogP contribution in [0.5, 0.6) is 0 Å². The van der Waals surface area contributed by atoms with Gasteiger partial charge in [-0.3, -0.25) is 9.78 Å². The Balaban J connectivity index is 1.74. The maximum absolute atomic E-state index is 12.6. The maximum atomic E-state index is 12.6. The molecule has 2 aromatic heterocycles. The standard InChI is InChI=1S/C19H18N2O2/c22-19(18-7-4-14-23-18)21(15-17-8-11-20-12-9-17)13-10-16-5-2-1-3-6-16/h1-9,11-12,14H,10,13,15H2. The van der Waals surface area contributed by atoms with Crippen molar-refractivity contribution >= 4 is 5.91 Å². The summed E-state index contributed by atoms with van der Waals surface area (Å²) in [5.41, 5.74) is 2.26. The van der Waals surface area contributed by atoms with Crippen LogP contribution in [-0.2, 0) is 13.0 Å². The lowest BCUT2D eigenvalue weighted by molar-refractivity contribution is 0.0713. The van der Waals surface area contributed by atoms with E-state index in [1.54, 1.807) is 29.4 Å². The second kappa shape index (κ2) is 7.40. The molecule has 1 aromatic carbocycles. The Hall–Kier alpha value is -2.88. The SMILES string of the molecule is O=C(c1ccco1)N(CCc1ccccc1)Cc1ccncc1. The van der Waals surface area contributed by atoms with Crippen molar-refractivity contribution in [3.63, 3.8) is 0 Å². The number of amides is 1. The topological polar surface area (TPSA) is 46.3 Å². The Morgan fingerprint density at radius 3 is 2.43 bits per heavy atom. The lowest BCUT2D eigenvalue weighted by atomic mass is 10.1. The molecule has 116 valence electrons. The van der Waals surface area contributed by atoms with Gasteiger partial charge in [-0.25, -0.2) is 0 Å². The molecule has 3 aromatic rings. The average molecular weight is 306 g/mol. The van der Waals surface area contributed by atoms with E-state index in [0.29, 0.717) is 18.8 Å². The first-order valence-corrected chi connectivity index (χ1v) is 7.58.